The minimum absolute atomic E-state index is 0.0592. The number of aryl methyl sites for hydroxylation is 1. The topological polar surface area (TPSA) is 74.2 Å². The van der Waals surface area contributed by atoms with Gasteiger partial charge in [0.05, 0.1) is 12.1 Å². The predicted molar refractivity (Wildman–Crippen MR) is 137 cm³/mol. The lowest BCUT2D eigenvalue weighted by molar-refractivity contribution is 0.0830. The maximum Gasteiger partial charge on any atom is 0.251 e. The number of rotatable bonds is 10. The number of nitrogens with one attached hydrogen (secondary N) is 2. The summed E-state index contributed by atoms with van der Waals surface area (Å²) in [5.41, 5.74) is 3.05. The highest BCUT2D eigenvalue weighted by molar-refractivity contribution is 5.98. The van der Waals surface area contributed by atoms with Gasteiger partial charge in [-0.3, -0.25) is 9.78 Å². The number of fused-ring (bicyclic) bond motifs is 1. The molecule has 4 aromatic rings. The van der Waals surface area contributed by atoms with Crippen LogP contribution in [0.4, 0.5) is 8.78 Å². The van der Waals surface area contributed by atoms with Crippen molar-refractivity contribution in [2.24, 2.45) is 0 Å². The van der Waals surface area contributed by atoms with Gasteiger partial charge in [0.2, 0.25) is 0 Å². The number of pyridine rings is 1. The minimum Gasteiger partial charge on any atom is -0.390 e. The third-order valence-electron chi connectivity index (χ3n) is 6.14. The Balaban J connectivity index is 1.48. The van der Waals surface area contributed by atoms with Crippen LogP contribution >= 0.6 is 0 Å². The van der Waals surface area contributed by atoms with Gasteiger partial charge < -0.3 is 15.7 Å². The molecule has 0 bridgehead atoms. The first-order valence-corrected chi connectivity index (χ1v) is 12.0. The second-order valence-electron chi connectivity index (χ2n) is 8.87. The quantitative estimate of drug-likeness (QED) is 0.305. The Labute approximate surface area is 209 Å². The number of carbonyl (C=O) groups excluding carboxylic acids is 1. The second-order valence-corrected chi connectivity index (χ2v) is 8.87. The molecule has 3 N–H and O–H groups in total. The highest BCUT2D eigenvalue weighted by Gasteiger charge is 2.23. The molecule has 5 nitrogen and oxygen atoms in total. The van der Waals surface area contributed by atoms with Gasteiger partial charge in [-0.2, -0.15) is 0 Å². The second kappa shape index (κ2) is 11.8. The lowest BCUT2D eigenvalue weighted by Gasteiger charge is -2.25. The summed E-state index contributed by atoms with van der Waals surface area (Å²) in [6.07, 6.45) is 3.34. The summed E-state index contributed by atoms with van der Waals surface area (Å²) >= 11 is 0. The van der Waals surface area contributed by atoms with Crippen LogP contribution in [0.15, 0.2) is 79.1 Å². The van der Waals surface area contributed by atoms with Gasteiger partial charge in [0.15, 0.2) is 0 Å². The molecule has 0 aliphatic heterocycles. The van der Waals surface area contributed by atoms with E-state index in [1.807, 2.05) is 24.3 Å². The zero-order chi connectivity index (χ0) is 25.5. The van der Waals surface area contributed by atoms with Crippen LogP contribution in [-0.4, -0.2) is 34.7 Å². The van der Waals surface area contributed by atoms with E-state index < -0.39 is 29.7 Å². The third kappa shape index (κ3) is 6.71. The number of nitrogens with zero attached hydrogens (tertiary/aromatic N) is 1. The number of carbonyl (C=O) groups is 1. The summed E-state index contributed by atoms with van der Waals surface area (Å²) in [6.45, 7) is 2.81. The maximum absolute atomic E-state index is 13.8. The van der Waals surface area contributed by atoms with E-state index in [0.29, 0.717) is 17.7 Å². The molecule has 4 rings (SSSR count). The molecule has 1 heterocycles. The Morgan fingerprint density at radius 1 is 0.944 bits per heavy atom. The van der Waals surface area contributed by atoms with Crippen molar-refractivity contribution in [1.82, 2.24) is 15.6 Å². The molecule has 0 spiro atoms. The monoisotopic (exact) mass is 489 g/mol. The number of aliphatic hydroxyl groups excluding tert-OH is 1. The van der Waals surface area contributed by atoms with Gasteiger partial charge in [0.25, 0.3) is 5.91 Å². The number of aromatic nitrogens is 1. The SMILES string of the molecule is CCc1cccc(CNC[C@H](O)[C@H](Cc2cc(F)cc(F)c2)NC(=O)c2ccc3ccncc3c2)c1. The number of halogens is 2. The Morgan fingerprint density at radius 2 is 1.72 bits per heavy atom. The Hall–Kier alpha value is -3.68. The molecule has 3 aromatic carbocycles. The first-order chi connectivity index (χ1) is 17.4. The molecule has 36 heavy (non-hydrogen) atoms. The summed E-state index contributed by atoms with van der Waals surface area (Å²) in [4.78, 5) is 17.2. The fourth-order valence-corrected chi connectivity index (χ4v) is 4.21. The van der Waals surface area contributed by atoms with Crippen LogP contribution in [0.25, 0.3) is 10.8 Å². The Bertz CT molecular complexity index is 1320. The van der Waals surface area contributed by atoms with E-state index in [1.54, 1.807) is 24.5 Å². The van der Waals surface area contributed by atoms with Gasteiger partial charge >= 0.3 is 0 Å². The Morgan fingerprint density at radius 3 is 2.50 bits per heavy atom. The van der Waals surface area contributed by atoms with Crippen molar-refractivity contribution in [3.63, 3.8) is 0 Å². The fraction of sp³-hybridized carbons (Fsp3) is 0.241. The van der Waals surface area contributed by atoms with Gasteiger partial charge in [-0.05, 0) is 65.3 Å². The van der Waals surface area contributed by atoms with Crippen molar-refractivity contribution in [3.05, 3.63) is 113 Å². The molecule has 0 aliphatic carbocycles. The first-order valence-electron chi connectivity index (χ1n) is 12.0. The van der Waals surface area contributed by atoms with Gasteiger partial charge in [-0.25, -0.2) is 8.78 Å². The average molecular weight is 490 g/mol. The third-order valence-corrected chi connectivity index (χ3v) is 6.14. The van der Waals surface area contributed by atoms with Crippen molar-refractivity contribution < 1.29 is 18.7 Å². The van der Waals surface area contributed by atoms with Gasteiger partial charge in [0, 0.05) is 42.5 Å². The number of amides is 1. The van der Waals surface area contributed by atoms with Crippen molar-refractivity contribution in [2.45, 2.75) is 38.5 Å². The van der Waals surface area contributed by atoms with E-state index in [1.165, 1.54) is 17.7 Å². The first kappa shape index (κ1) is 25.4. The number of hydrogen-bond donors (Lipinski definition) is 3. The lowest BCUT2D eigenvalue weighted by atomic mass is 9.99. The van der Waals surface area contributed by atoms with Gasteiger partial charge in [0.1, 0.15) is 11.6 Å². The van der Waals surface area contributed by atoms with Crippen LogP contribution in [0.5, 0.6) is 0 Å². The lowest BCUT2D eigenvalue weighted by Crippen LogP contribution is -2.48. The van der Waals surface area contributed by atoms with Gasteiger partial charge in [-0.15, -0.1) is 0 Å². The van der Waals surface area contributed by atoms with E-state index in [0.717, 1.165) is 28.8 Å². The summed E-state index contributed by atoms with van der Waals surface area (Å²) in [5.74, 6) is -1.81. The summed E-state index contributed by atoms with van der Waals surface area (Å²) in [5, 5.41) is 18.8. The zero-order valence-corrected chi connectivity index (χ0v) is 20.0. The molecule has 1 aromatic heterocycles. The van der Waals surface area contributed by atoms with E-state index in [4.69, 9.17) is 0 Å². The van der Waals surface area contributed by atoms with Gasteiger partial charge in [-0.1, -0.05) is 37.3 Å². The Kier molecular flexibility index (Phi) is 8.36. The highest BCUT2D eigenvalue weighted by atomic mass is 19.1. The van der Waals surface area contributed by atoms with E-state index in [-0.39, 0.29) is 13.0 Å². The van der Waals surface area contributed by atoms with E-state index in [2.05, 4.69) is 34.7 Å². The largest absolute Gasteiger partial charge is 0.390 e. The minimum atomic E-state index is -1.00. The molecular formula is C29H29F2N3O2. The molecule has 0 saturated carbocycles. The smallest absolute Gasteiger partial charge is 0.251 e. The molecule has 0 aliphatic rings. The maximum atomic E-state index is 13.8. The van der Waals surface area contributed by atoms with Crippen LogP contribution in [0.3, 0.4) is 0 Å². The molecule has 2 atom stereocenters. The normalized spacial score (nSPS) is 12.9. The summed E-state index contributed by atoms with van der Waals surface area (Å²) in [7, 11) is 0. The number of aliphatic hydroxyl groups is 1. The highest BCUT2D eigenvalue weighted by Crippen LogP contribution is 2.16. The molecule has 1 amide bonds. The molecule has 7 heteroatoms. The standard InChI is InChI=1S/C29H29F2N3O2/c1-2-19-4-3-5-20(10-19)16-33-18-28(35)27(13-21-11-25(30)15-26(31)12-21)34-29(36)23-7-6-22-8-9-32-17-24(22)14-23/h3-12,14-15,17,27-28,33,35H,2,13,16,18H2,1H3,(H,34,36)/t27-,28-/m0/s1. The molecular weight excluding hydrogens is 460 g/mol. The molecule has 0 unspecified atom stereocenters. The van der Waals surface area contributed by atoms with Crippen molar-refractivity contribution in [2.75, 3.05) is 6.54 Å². The number of benzene rings is 3. The molecule has 0 fully saturated rings. The van der Waals surface area contributed by atoms with Crippen molar-refractivity contribution in [1.29, 1.82) is 0 Å². The molecule has 0 radical (unpaired) electrons. The van der Waals surface area contributed by atoms with E-state index >= 15 is 0 Å². The zero-order valence-electron chi connectivity index (χ0n) is 20.0. The fourth-order valence-electron chi connectivity index (χ4n) is 4.21. The van der Waals surface area contributed by atoms with Crippen LogP contribution in [0.2, 0.25) is 0 Å². The van der Waals surface area contributed by atoms with E-state index in [9.17, 15) is 18.7 Å². The van der Waals surface area contributed by atoms with Crippen LogP contribution in [-0.2, 0) is 19.4 Å². The molecule has 186 valence electrons. The van der Waals surface area contributed by atoms with Crippen molar-refractivity contribution in [3.8, 4) is 0 Å². The van der Waals surface area contributed by atoms with Crippen molar-refractivity contribution >= 4 is 16.7 Å². The van der Waals surface area contributed by atoms with Crippen LogP contribution in [0.1, 0.15) is 34.0 Å². The van der Waals surface area contributed by atoms with Crippen LogP contribution in [0, 0.1) is 11.6 Å². The molecule has 0 saturated heterocycles. The number of hydrogen-bond acceptors (Lipinski definition) is 4. The predicted octanol–water partition coefficient (Wildman–Crippen LogP) is 4.57. The summed E-state index contributed by atoms with van der Waals surface area (Å²) < 4.78 is 27.6. The average Bonchev–Trinajstić information content (AvgIpc) is 2.87. The van der Waals surface area contributed by atoms with Crippen LogP contribution < -0.4 is 10.6 Å². The summed E-state index contributed by atoms with van der Waals surface area (Å²) in [6, 6.07) is 17.7.